The first-order chi connectivity index (χ1) is 18.5. The molecule has 0 saturated heterocycles. The maximum Gasteiger partial charge on any atom is 0.244 e. The van der Waals surface area contributed by atoms with Crippen molar-refractivity contribution in [2.45, 2.75) is 39.3 Å². The second kappa shape index (κ2) is 13.8. The van der Waals surface area contributed by atoms with Gasteiger partial charge >= 0.3 is 0 Å². The van der Waals surface area contributed by atoms with Gasteiger partial charge in [-0.2, -0.15) is 0 Å². The average molecular weight is 591 g/mol. The number of hydrogen-bond donors (Lipinski definition) is 1. The number of halogens is 2. The lowest BCUT2D eigenvalue weighted by Crippen LogP contribution is -2.53. The van der Waals surface area contributed by atoms with Gasteiger partial charge in [0.1, 0.15) is 12.6 Å². The van der Waals surface area contributed by atoms with E-state index in [1.165, 1.54) is 4.90 Å². The molecular formula is C29H33Cl2N3O4S. The molecule has 0 spiro atoms. The van der Waals surface area contributed by atoms with E-state index in [4.69, 9.17) is 23.2 Å². The highest BCUT2D eigenvalue weighted by atomic mass is 35.5. The lowest BCUT2D eigenvalue weighted by molar-refractivity contribution is -0.140. The molecule has 3 aromatic rings. The van der Waals surface area contributed by atoms with Gasteiger partial charge in [-0.15, -0.1) is 0 Å². The fourth-order valence-corrected chi connectivity index (χ4v) is 5.58. The van der Waals surface area contributed by atoms with Crippen molar-refractivity contribution in [3.63, 3.8) is 0 Å². The first-order valence-corrected chi connectivity index (χ1v) is 15.3. The molecule has 2 amide bonds. The third kappa shape index (κ3) is 8.21. The first-order valence-electron chi connectivity index (χ1n) is 12.7. The largest absolute Gasteiger partial charge is 0.355 e. The fraction of sp³-hybridized carbons (Fsp3) is 0.310. The number of rotatable bonds is 12. The van der Waals surface area contributed by atoms with E-state index in [0.717, 1.165) is 28.1 Å². The lowest BCUT2D eigenvalue weighted by Gasteiger charge is -2.33. The molecule has 1 N–H and O–H groups in total. The fourth-order valence-electron chi connectivity index (χ4n) is 4.21. The number of anilines is 1. The van der Waals surface area contributed by atoms with Crippen molar-refractivity contribution in [1.82, 2.24) is 10.2 Å². The minimum absolute atomic E-state index is 0.0850. The van der Waals surface area contributed by atoms with Gasteiger partial charge in [-0.1, -0.05) is 78.7 Å². The van der Waals surface area contributed by atoms with Gasteiger partial charge in [-0.3, -0.25) is 13.9 Å². The Kier molecular flexibility index (Phi) is 10.8. The molecular weight excluding hydrogens is 557 g/mol. The van der Waals surface area contributed by atoms with Gasteiger partial charge in [0, 0.05) is 35.1 Å². The van der Waals surface area contributed by atoms with Crippen LogP contribution in [0.15, 0.2) is 72.8 Å². The van der Waals surface area contributed by atoms with Gasteiger partial charge in [0.25, 0.3) is 0 Å². The van der Waals surface area contributed by atoms with E-state index in [1.54, 1.807) is 37.3 Å². The predicted octanol–water partition coefficient (Wildman–Crippen LogP) is 5.10. The first kappa shape index (κ1) is 30.5. The van der Waals surface area contributed by atoms with E-state index >= 15 is 0 Å². The minimum Gasteiger partial charge on any atom is -0.355 e. The molecule has 0 aliphatic heterocycles. The summed E-state index contributed by atoms with van der Waals surface area (Å²) >= 11 is 12.9. The van der Waals surface area contributed by atoms with Gasteiger partial charge in [0.2, 0.25) is 21.8 Å². The van der Waals surface area contributed by atoms with Crippen molar-refractivity contribution in [2.24, 2.45) is 0 Å². The molecule has 3 aromatic carbocycles. The molecule has 0 heterocycles. The molecule has 0 radical (unpaired) electrons. The average Bonchev–Trinajstić information content (AvgIpc) is 2.90. The SMILES string of the molecule is CCNC(=O)C(Cc1ccccc1)N(Cc1c(Cl)cccc1Cl)C(=O)CN(c1ccc(CC)cc1)S(C)(=O)=O. The highest BCUT2D eigenvalue weighted by Gasteiger charge is 2.33. The predicted molar refractivity (Wildman–Crippen MR) is 158 cm³/mol. The van der Waals surface area contributed by atoms with E-state index in [9.17, 15) is 18.0 Å². The summed E-state index contributed by atoms with van der Waals surface area (Å²) in [5, 5.41) is 3.49. The molecule has 0 aliphatic carbocycles. The van der Waals surface area contributed by atoms with Crippen molar-refractivity contribution >= 4 is 50.7 Å². The molecule has 1 unspecified atom stereocenters. The summed E-state index contributed by atoms with van der Waals surface area (Å²) < 4.78 is 26.7. The Morgan fingerprint density at radius 1 is 0.872 bits per heavy atom. The molecule has 3 rings (SSSR count). The summed E-state index contributed by atoms with van der Waals surface area (Å²) in [6.45, 7) is 3.56. The summed E-state index contributed by atoms with van der Waals surface area (Å²) in [7, 11) is -3.84. The third-order valence-electron chi connectivity index (χ3n) is 6.32. The van der Waals surface area contributed by atoms with Gasteiger partial charge in [0.15, 0.2) is 0 Å². The Bertz CT molecular complexity index is 1360. The van der Waals surface area contributed by atoms with Crippen LogP contribution in [0.25, 0.3) is 0 Å². The van der Waals surface area contributed by atoms with Crippen LogP contribution in [0.4, 0.5) is 5.69 Å². The topological polar surface area (TPSA) is 86.8 Å². The summed E-state index contributed by atoms with van der Waals surface area (Å²) in [4.78, 5) is 28.8. The number of aryl methyl sites for hydroxylation is 1. The summed E-state index contributed by atoms with van der Waals surface area (Å²) in [6.07, 6.45) is 2.05. The molecule has 10 heteroatoms. The molecule has 1 atom stereocenters. The number of carbonyl (C=O) groups excluding carboxylic acids is 2. The van der Waals surface area contributed by atoms with Crippen molar-refractivity contribution < 1.29 is 18.0 Å². The zero-order chi connectivity index (χ0) is 28.6. The molecule has 0 saturated carbocycles. The number of benzene rings is 3. The van der Waals surface area contributed by atoms with Crippen LogP contribution in [0, 0.1) is 0 Å². The van der Waals surface area contributed by atoms with Crippen LogP contribution in [0.3, 0.4) is 0 Å². The van der Waals surface area contributed by atoms with E-state index in [0.29, 0.717) is 27.8 Å². The summed E-state index contributed by atoms with van der Waals surface area (Å²) in [5.74, 6) is -0.931. The lowest BCUT2D eigenvalue weighted by atomic mass is 10.0. The summed E-state index contributed by atoms with van der Waals surface area (Å²) in [5.41, 5.74) is 2.70. The highest BCUT2D eigenvalue weighted by molar-refractivity contribution is 7.92. The number of likely N-dealkylation sites (N-methyl/N-ethyl adjacent to an activating group) is 1. The quantitative estimate of drug-likeness (QED) is 0.318. The van der Waals surface area contributed by atoms with Crippen LogP contribution < -0.4 is 9.62 Å². The maximum absolute atomic E-state index is 14.0. The molecule has 39 heavy (non-hydrogen) atoms. The standard InChI is InChI=1S/C29H33Cl2N3O4S/c1-4-21-14-16-23(17-15-21)34(39(3,37)38)20-28(35)33(19-24-25(30)12-9-13-26(24)31)27(29(36)32-5-2)18-22-10-7-6-8-11-22/h6-17,27H,4-5,18-20H2,1-3H3,(H,32,36). The number of carbonyl (C=O) groups is 2. The Morgan fingerprint density at radius 2 is 1.49 bits per heavy atom. The molecule has 0 bridgehead atoms. The minimum atomic E-state index is -3.84. The molecule has 0 fully saturated rings. The number of nitrogens with zero attached hydrogens (tertiary/aromatic N) is 2. The van der Waals surface area contributed by atoms with Gasteiger partial charge < -0.3 is 10.2 Å². The molecule has 208 valence electrons. The third-order valence-corrected chi connectivity index (χ3v) is 8.17. The molecule has 0 aliphatic rings. The second-order valence-corrected chi connectivity index (χ2v) is 11.8. The van der Waals surface area contributed by atoms with E-state index in [2.05, 4.69) is 5.32 Å². The van der Waals surface area contributed by atoms with E-state index in [1.807, 2.05) is 49.4 Å². The number of sulfonamides is 1. The van der Waals surface area contributed by atoms with Gasteiger partial charge in [0.05, 0.1) is 11.9 Å². The normalized spacial score (nSPS) is 12.0. The summed E-state index contributed by atoms with van der Waals surface area (Å²) in [6, 6.07) is 20.4. The van der Waals surface area contributed by atoms with E-state index < -0.39 is 28.5 Å². The van der Waals surface area contributed by atoms with Crippen molar-refractivity contribution in [3.05, 3.63) is 99.5 Å². The highest BCUT2D eigenvalue weighted by Crippen LogP contribution is 2.28. The number of nitrogens with one attached hydrogen (secondary N) is 1. The Morgan fingerprint density at radius 3 is 2.03 bits per heavy atom. The van der Waals surface area contributed by atoms with Gasteiger partial charge in [-0.25, -0.2) is 8.42 Å². The second-order valence-electron chi connectivity index (χ2n) is 9.11. The van der Waals surface area contributed by atoms with Crippen molar-refractivity contribution in [1.29, 1.82) is 0 Å². The van der Waals surface area contributed by atoms with E-state index in [-0.39, 0.29) is 18.9 Å². The molecule has 7 nitrogen and oxygen atoms in total. The zero-order valence-electron chi connectivity index (χ0n) is 22.2. The molecule has 0 aromatic heterocycles. The Balaban J connectivity index is 2.07. The van der Waals surface area contributed by atoms with Crippen LogP contribution in [0.1, 0.15) is 30.5 Å². The smallest absolute Gasteiger partial charge is 0.244 e. The van der Waals surface area contributed by atoms with Crippen LogP contribution in [0.5, 0.6) is 0 Å². The van der Waals surface area contributed by atoms with Crippen LogP contribution >= 0.6 is 23.2 Å². The van der Waals surface area contributed by atoms with Crippen LogP contribution in [-0.2, 0) is 39.0 Å². The Hall–Kier alpha value is -3.07. The Labute approximate surface area is 240 Å². The number of hydrogen-bond acceptors (Lipinski definition) is 4. The number of amides is 2. The van der Waals surface area contributed by atoms with Crippen molar-refractivity contribution in [2.75, 3.05) is 23.7 Å². The monoisotopic (exact) mass is 589 g/mol. The van der Waals surface area contributed by atoms with Crippen LogP contribution in [0.2, 0.25) is 10.0 Å². The van der Waals surface area contributed by atoms with Crippen molar-refractivity contribution in [3.8, 4) is 0 Å². The maximum atomic E-state index is 14.0. The van der Waals surface area contributed by atoms with Crippen LogP contribution in [-0.4, -0.2) is 50.5 Å². The zero-order valence-corrected chi connectivity index (χ0v) is 24.6. The van der Waals surface area contributed by atoms with Gasteiger partial charge in [-0.05, 0) is 48.7 Å².